The zero-order chi connectivity index (χ0) is 13.0. The number of amides is 2. The number of nitrogens with one attached hydrogen (secondary N) is 1. The lowest BCUT2D eigenvalue weighted by atomic mass is 9.98. The Bertz CT molecular complexity index is 296. The van der Waals surface area contributed by atoms with Crippen LogP contribution in [0.15, 0.2) is 0 Å². The number of carbonyl (C=O) groups is 2. The van der Waals surface area contributed by atoms with Gasteiger partial charge in [-0.2, -0.15) is 0 Å². The van der Waals surface area contributed by atoms with Crippen LogP contribution in [-0.2, 0) is 4.79 Å². The number of carboxylic acid groups (broad SMARTS) is 1. The molecule has 17 heavy (non-hydrogen) atoms. The first-order chi connectivity index (χ1) is 7.93. The molecule has 98 valence electrons. The molecule has 2 amide bonds. The maximum absolute atomic E-state index is 11.8. The number of aliphatic carboxylic acids is 1. The van der Waals surface area contributed by atoms with Crippen LogP contribution in [0.1, 0.15) is 20.8 Å². The Morgan fingerprint density at radius 1 is 1.47 bits per heavy atom. The number of rotatable bonds is 4. The van der Waals surface area contributed by atoms with E-state index in [4.69, 9.17) is 5.11 Å². The highest BCUT2D eigenvalue weighted by Crippen LogP contribution is 2.21. The Labute approximate surface area is 106 Å². The number of urea groups is 1. The number of thioether (sulfide) groups is 1. The highest BCUT2D eigenvalue weighted by atomic mass is 32.2. The molecule has 0 aliphatic carbocycles. The fraction of sp³-hybridized carbons (Fsp3) is 0.818. The molecule has 1 fully saturated rings. The Kier molecular flexibility index (Phi) is 5.11. The highest BCUT2D eigenvalue weighted by molar-refractivity contribution is 7.99. The second-order valence-electron chi connectivity index (χ2n) is 4.73. The number of hydrogen-bond donors (Lipinski definition) is 2. The van der Waals surface area contributed by atoms with Gasteiger partial charge in [0.25, 0.3) is 0 Å². The van der Waals surface area contributed by atoms with Gasteiger partial charge in [-0.25, -0.2) is 9.59 Å². The van der Waals surface area contributed by atoms with Crippen molar-refractivity contribution in [3.63, 3.8) is 0 Å². The average molecular weight is 260 g/mol. The molecule has 2 unspecified atom stereocenters. The first-order valence-corrected chi connectivity index (χ1v) is 6.94. The molecule has 0 spiro atoms. The summed E-state index contributed by atoms with van der Waals surface area (Å²) >= 11 is 1.47. The molecule has 0 aromatic carbocycles. The topological polar surface area (TPSA) is 69.6 Å². The van der Waals surface area contributed by atoms with Gasteiger partial charge in [0.05, 0.1) is 5.88 Å². The Balaban J connectivity index is 2.44. The largest absolute Gasteiger partial charge is 0.480 e. The molecule has 1 aliphatic rings. The molecular weight excluding hydrogens is 240 g/mol. The molecular formula is C11H20N2O3S. The summed E-state index contributed by atoms with van der Waals surface area (Å²) in [5.74, 6) is 0.888. The summed E-state index contributed by atoms with van der Waals surface area (Å²) in [6.07, 6.45) is 0. The molecule has 0 radical (unpaired) electrons. The third-order valence-electron chi connectivity index (χ3n) is 3.14. The summed E-state index contributed by atoms with van der Waals surface area (Å²) in [5.41, 5.74) is 0. The lowest BCUT2D eigenvalue weighted by Crippen LogP contribution is -2.48. The van der Waals surface area contributed by atoms with E-state index in [1.165, 1.54) is 16.7 Å². The van der Waals surface area contributed by atoms with E-state index in [-0.39, 0.29) is 6.03 Å². The molecule has 0 aromatic rings. The molecule has 1 saturated heterocycles. The fourth-order valence-corrected chi connectivity index (χ4v) is 2.58. The lowest BCUT2D eigenvalue weighted by molar-refractivity contribution is -0.140. The Hall–Kier alpha value is -0.910. The molecule has 0 aromatic heterocycles. The first kappa shape index (κ1) is 14.2. The average Bonchev–Trinajstić information content (AvgIpc) is 2.73. The van der Waals surface area contributed by atoms with Crippen molar-refractivity contribution in [1.82, 2.24) is 10.2 Å². The SMILES string of the molecule is CC(C)C(C)CNC(=O)N1CSCC1C(=O)O. The molecule has 6 heteroatoms. The van der Waals surface area contributed by atoms with Crippen molar-refractivity contribution in [3.05, 3.63) is 0 Å². The second kappa shape index (κ2) is 6.14. The highest BCUT2D eigenvalue weighted by Gasteiger charge is 2.34. The van der Waals surface area contributed by atoms with Crippen LogP contribution in [0.2, 0.25) is 0 Å². The van der Waals surface area contributed by atoms with Crippen LogP contribution in [0.4, 0.5) is 4.79 Å². The van der Waals surface area contributed by atoms with Crippen molar-refractivity contribution in [3.8, 4) is 0 Å². The van der Waals surface area contributed by atoms with Gasteiger partial charge in [0.15, 0.2) is 0 Å². The maximum atomic E-state index is 11.8. The van der Waals surface area contributed by atoms with Gasteiger partial charge in [-0.1, -0.05) is 20.8 Å². The summed E-state index contributed by atoms with van der Waals surface area (Å²) in [7, 11) is 0. The van der Waals surface area contributed by atoms with Gasteiger partial charge in [0.2, 0.25) is 0 Å². The Morgan fingerprint density at radius 3 is 2.65 bits per heavy atom. The number of nitrogens with zero attached hydrogens (tertiary/aromatic N) is 1. The third kappa shape index (κ3) is 3.80. The standard InChI is InChI=1S/C11H20N2O3S/c1-7(2)8(3)4-12-11(16)13-6-17-5-9(13)10(14)15/h7-9H,4-6H2,1-3H3,(H,12,16)(H,14,15). The van der Waals surface area contributed by atoms with Crippen LogP contribution < -0.4 is 5.32 Å². The third-order valence-corrected chi connectivity index (χ3v) is 4.15. The van der Waals surface area contributed by atoms with E-state index in [0.717, 1.165) is 0 Å². The van der Waals surface area contributed by atoms with Crippen LogP contribution in [0.3, 0.4) is 0 Å². The van der Waals surface area contributed by atoms with Gasteiger partial charge < -0.3 is 15.3 Å². The van der Waals surface area contributed by atoms with E-state index < -0.39 is 12.0 Å². The predicted octanol–water partition coefficient (Wildman–Crippen LogP) is 1.45. The molecule has 1 aliphatic heterocycles. The van der Waals surface area contributed by atoms with E-state index in [1.54, 1.807) is 0 Å². The second-order valence-corrected chi connectivity index (χ2v) is 5.73. The smallest absolute Gasteiger partial charge is 0.327 e. The molecule has 2 N–H and O–H groups in total. The monoisotopic (exact) mass is 260 g/mol. The number of carbonyl (C=O) groups excluding carboxylic acids is 1. The van der Waals surface area contributed by atoms with Crippen molar-refractivity contribution in [2.45, 2.75) is 26.8 Å². The van der Waals surface area contributed by atoms with Crippen molar-refractivity contribution in [2.24, 2.45) is 11.8 Å². The summed E-state index contributed by atoms with van der Waals surface area (Å²) in [5, 5.41) is 11.8. The van der Waals surface area contributed by atoms with Gasteiger partial charge in [-0.3, -0.25) is 0 Å². The minimum atomic E-state index is -0.929. The van der Waals surface area contributed by atoms with Gasteiger partial charge in [-0.15, -0.1) is 11.8 Å². The molecule has 5 nitrogen and oxygen atoms in total. The minimum Gasteiger partial charge on any atom is -0.480 e. The van der Waals surface area contributed by atoms with Gasteiger partial charge in [0.1, 0.15) is 6.04 Å². The zero-order valence-electron chi connectivity index (χ0n) is 10.5. The van der Waals surface area contributed by atoms with Crippen molar-refractivity contribution >= 4 is 23.8 Å². The van der Waals surface area contributed by atoms with Crippen LogP contribution in [0.5, 0.6) is 0 Å². The van der Waals surface area contributed by atoms with Gasteiger partial charge in [0, 0.05) is 12.3 Å². The first-order valence-electron chi connectivity index (χ1n) is 5.78. The van der Waals surface area contributed by atoms with E-state index in [0.29, 0.717) is 30.0 Å². The van der Waals surface area contributed by atoms with Crippen LogP contribution >= 0.6 is 11.8 Å². The van der Waals surface area contributed by atoms with E-state index in [1.807, 2.05) is 0 Å². The maximum Gasteiger partial charge on any atom is 0.327 e. The number of carboxylic acids is 1. The molecule has 1 rings (SSSR count). The lowest BCUT2D eigenvalue weighted by Gasteiger charge is -2.23. The van der Waals surface area contributed by atoms with Crippen molar-refractivity contribution in [2.75, 3.05) is 18.2 Å². The summed E-state index contributed by atoms with van der Waals surface area (Å²) in [6, 6.07) is -0.954. The Morgan fingerprint density at radius 2 is 2.12 bits per heavy atom. The van der Waals surface area contributed by atoms with Crippen molar-refractivity contribution < 1.29 is 14.7 Å². The van der Waals surface area contributed by atoms with Crippen LogP contribution in [0, 0.1) is 11.8 Å². The molecule has 1 heterocycles. The molecule has 2 atom stereocenters. The van der Waals surface area contributed by atoms with E-state index >= 15 is 0 Å². The molecule has 0 bridgehead atoms. The predicted molar refractivity (Wildman–Crippen MR) is 68.0 cm³/mol. The summed E-state index contributed by atoms with van der Waals surface area (Å²) in [4.78, 5) is 24.1. The zero-order valence-corrected chi connectivity index (χ0v) is 11.3. The van der Waals surface area contributed by atoms with E-state index in [2.05, 4.69) is 26.1 Å². The quantitative estimate of drug-likeness (QED) is 0.802. The normalized spacial score (nSPS) is 21.6. The summed E-state index contributed by atoms with van der Waals surface area (Å²) < 4.78 is 0. The fourth-order valence-electron chi connectivity index (χ4n) is 1.43. The van der Waals surface area contributed by atoms with Gasteiger partial charge in [-0.05, 0) is 11.8 Å². The van der Waals surface area contributed by atoms with Gasteiger partial charge >= 0.3 is 12.0 Å². The van der Waals surface area contributed by atoms with E-state index in [9.17, 15) is 9.59 Å². The van der Waals surface area contributed by atoms with Crippen LogP contribution in [-0.4, -0.2) is 46.2 Å². The van der Waals surface area contributed by atoms with Crippen LogP contribution in [0.25, 0.3) is 0 Å². The van der Waals surface area contributed by atoms with Crippen molar-refractivity contribution in [1.29, 1.82) is 0 Å². The summed E-state index contributed by atoms with van der Waals surface area (Å²) in [6.45, 7) is 6.85. The number of hydrogen-bond acceptors (Lipinski definition) is 3. The molecule has 0 saturated carbocycles. The minimum absolute atomic E-state index is 0.269.